The van der Waals surface area contributed by atoms with E-state index in [1.54, 1.807) is 16.2 Å². The summed E-state index contributed by atoms with van der Waals surface area (Å²) in [6, 6.07) is 10.4. The van der Waals surface area contributed by atoms with Gasteiger partial charge in [0.15, 0.2) is 5.13 Å². The molecule has 1 aromatic heterocycles. The van der Waals surface area contributed by atoms with Crippen molar-refractivity contribution >= 4 is 42.6 Å². The van der Waals surface area contributed by atoms with Crippen LogP contribution >= 0.6 is 11.3 Å². The van der Waals surface area contributed by atoms with Crippen LogP contribution in [0.4, 0.5) is 9.52 Å². The summed E-state index contributed by atoms with van der Waals surface area (Å²) in [5.41, 5.74) is 2.29. The third kappa shape index (κ3) is 4.54. The second-order valence-electron chi connectivity index (χ2n) is 9.39. The van der Waals surface area contributed by atoms with Gasteiger partial charge in [0.2, 0.25) is 15.9 Å². The zero-order valence-electron chi connectivity index (χ0n) is 19.9. The summed E-state index contributed by atoms with van der Waals surface area (Å²) in [7, 11) is -3.87. The van der Waals surface area contributed by atoms with E-state index in [2.05, 4.69) is 36.9 Å². The monoisotopic (exact) mass is 516 g/mol. The number of anilines is 1. The van der Waals surface area contributed by atoms with Crippen LogP contribution in [0.25, 0.3) is 10.2 Å². The number of nitrogens with zero attached hydrogens (tertiary/aromatic N) is 4. The number of hydrogen-bond acceptors (Lipinski definition) is 6. The number of hydrogen-bond donors (Lipinski definition) is 0. The molecule has 0 saturated carbocycles. The maximum absolute atomic E-state index is 13.4. The minimum atomic E-state index is -3.87. The van der Waals surface area contributed by atoms with Crippen molar-refractivity contribution in [2.24, 2.45) is 0 Å². The molecular formula is C25H29FN4O3S2. The van der Waals surface area contributed by atoms with Gasteiger partial charge in [-0.3, -0.25) is 4.79 Å². The highest BCUT2D eigenvalue weighted by atomic mass is 32.2. The number of halogens is 1. The van der Waals surface area contributed by atoms with Crippen molar-refractivity contribution in [1.29, 1.82) is 0 Å². The normalized spacial score (nSPS) is 19.7. The third-order valence-corrected chi connectivity index (χ3v) is 9.84. The van der Waals surface area contributed by atoms with E-state index in [0.29, 0.717) is 51.5 Å². The molecule has 1 unspecified atom stereocenters. The van der Waals surface area contributed by atoms with Gasteiger partial charge in [-0.2, -0.15) is 4.31 Å². The van der Waals surface area contributed by atoms with Gasteiger partial charge in [0, 0.05) is 32.7 Å². The smallest absolute Gasteiger partial charge is 0.243 e. The lowest BCUT2D eigenvalue weighted by molar-refractivity contribution is -0.134. The lowest BCUT2D eigenvalue weighted by Crippen LogP contribution is -2.54. The molecule has 35 heavy (non-hydrogen) atoms. The second-order valence-corrected chi connectivity index (χ2v) is 12.3. The first-order valence-corrected chi connectivity index (χ1v) is 14.2. The van der Waals surface area contributed by atoms with Crippen molar-refractivity contribution in [3.8, 4) is 0 Å². The Labute approximate surface area is 209 Å². The molecule has 0 N–H and O–H groups in total. The summed E-state index contributed by atoms with van der Waals surface area (Å²) >= 11 is 1.67. The lowest BCUT2D eigenvalue weighted by Gasteiger charge is -2.37. The van der Waals surface area contributed by atoms with E-state index < -0.39 is 21.9 Å². The Hall–Kier alpha value is -2.56. The van der Waals surface area contributed by atoms with Gasteiger partial charge in [-0.1, -0.05) is 37.3 Å². The molecular weight excluding hydrogens is 487 g/mol. The summed E-state index contributed by atoms with van der Waals surface area (Å²) in [5.74, 6) is -0.257. The minimum Gasteiger partial charge on any atom is -0.345 e. The van der Waals surface area contributed by atoms with Gasteiger partial charge in [-0.15, -0.1) is 0 Å². The van der Waals surface area contributed by atoms with Crippen molar-refractivity contribution in [2.45, 2.75) is 43.5 Å². The fourth-order valence-electron chi connectivity index (χ4n) is 4.90. The number of amides is 1. The quantitative estimate of drug-likeness (QED) is 0.511. The largest absolute Gasteiger partial charge is 0.345 e. The number of carbonyl (C=O) groups is 1. The van der Waals surface area contributed by atoms with Gasteiger partial charge in [-0.05, 0) is 54.7 Å². The van der Waals surface area contributed by atoms with Crippen LogP contribution in [0.2, 0.25) is 0 Å². The molecule has 2 aliphatic heterocycles. The van der Waals surface area contributed by atoms with Crippen LogP contribution in [-0.4, -0.2) is 67.3 Å². The summed E-state index contributed by atoms with van der Waals surface area (Å²) < 4.78 is 42.1. The first kappa shape index (κ1) is 24.1. The highest BCUT2D eigenvalue weighted by Gasteiger charge is 2.41. The van der Waals surface area contributed by atoms with Crippen LogP contribution in [0.1, 0.15) is 38.2 Å². The predicted octanol–water partition coefficient (Wildman–Crippen LogP) is 4.06. The Bertz CT molecular complexity index is 1330. The van der Waals surface area contributed by atoms with Crippen molar-refractivity contribution in [3.05, 3.63) is 53.8 Å². The summed E-state index contributed by atoms with van der Waals surface area (Å²) in [4.78, 5) is 22.3. The average molecular weight is 517 g/mol. The molecule has 10 heteroatoms. The third-order valence-electron chi connectivity index (χ3n) is 6.83. The first-order valence-electron chi connectivity index (χ1n) is 12.0. The van der Waals surface area contributed by atoms with Crippen molar-refractivity contribution in [1.82, 2.24) is 14.2 Å². The maximum atomic E-state index is 13.4. The van der Waals surface area contributed by atoms with Crippen LogP contribution < -0.4 is 4.90 Å². The number of rotatable bonds is 5. The fourth-order valence-corrected chi connectivity index (χ4v) is 7.61. The molecule has 7 nitrogen and oxygen atoms in total. The zero-order valence-corrected chi connectivity index (χ0v) is 21.5. The van der Waals surface area contributed by atoms with Crippen LogP contribution in [0.15, 0.2) is 47.4 Å². The minimum absolute atomic E-state index is 0.0139. The van der Waals surface area contributed by atoms with Gasteiger partial charge in [0.1, 0.15) is 11.9 Å². The number of carbonyl (C=O) groups excluding carboxylic acids is 1. The Morgan fingerprint density at radius 3 is 2.46 bits per heavy atom. The van der Waals surface area contributed by atoms with Gasteiger partial charge in [0.25, 0.3) is 0 Å². The van der Waals surface area contributed by atoms with Gasteiger partial charge >= 0.3 is 0 Å². The number of benzene rings is 2. The van der Waals surface area contributed by atoms with E-state index in [0.717, 1.165) is 27.5 Å². The Morgan fingerprint density at radius 1 is 1.06 bits per heavy atom. The molecule has 2 aromatic carbocycles. The van der Waals surface area contributed by atoms with E-state index >= 15 is 0 Å². The molecule has 0 aliphatic carbocycles. The number of piperazine rings is 1. The molecule has 0 bridgehead atoms. The molecule has 1 atom stereocenters. The molecule has 2 aliphatic rings. The Balaban J connectivity index is 1.28. The maximum Gasteiger partial charge on any atom is 0.243 e. The van der Waals surface area contributed by atoms with Crippen molar-refractivity contribution in [2.75, 3.05) is 37.6 Å². The molecule has 3 aromatic rings. The van der Waals surface area contributed by atoms with Crippen molar-refractivity contribution in [3.63, 3.8) is 0 Å². The van der Waals surface area contributed by atoms with Crippen LogP contribution in [0, 0.1) is 5.82 Å². The number of sulfonamides is 1. The SMILES string of the molecule is CC(C)c1cccc2sc(N3CCN(C(=O)C4CCCN4S(=O)(=O)c4ccc(F)cc4)CC3)nc12. The Kier molecular flexibility index (Phi) is 6.54. The highest BCUT2D eigenvalue weighted by molar-refractivity contribution is 7.89. The second kappa shape index (κ2) is 9.48. The lowest BCUT2D eigenvalue weighted by atomic mass is 10.0. The van der Waals surface area contributed by atoms with Crippen molar-refractivity contribution < 1.29 is 17.6 Å². The number of aromatic nitrogens is 1. The molecule has 0 radical (unpaired) electrons. The van der Waals surface area contributed by atoms with E-state index in [1.807, 2.05) is 0 Å². The van der Waals surface area contributed by atoms with Gasteiger partial charge in [-0.25, -0.2) is 17.8 Å². The summed E-state index contributed by atoms with van der Waals surface area (Å²) in [6.07, 6.45) is 1.12. The number of para-hydroxylation sites is 1. The molecule has 1 amide bonds. The topological polar surface area (TPSA) is 73.8 Å². The predicted molar refractivity (Wildman–Crippen MR) is 136 cm³/mol. The number of fused-ring (bicyclic) bond motifs is 1. The van der Waals surface area contributed by atoms with Gasteiger partial charge < -0.3 is 9.80 Å². The first-order chi connectivity index (χ1) is 16.8. The standard InChI is InChI=1S/C25H29FN4O3S2/c1-17(2)20-5-3-7-22-23(20)27-25(34-22)29-15-13-28(14-16-29)24(31)21-6-4-12-30(21)35(32,33)19-10-8-18(26)9-11-19/h3,5,7-11,17,21H,4,6,12-16H2,1-2H3. The van der Waals surface area contributed by atoms with E-state index in [9.17, 15) is 17.6 Å². The summed E-state index contributed by atoms with van der Waals surface area (Å²) in [5, 5.41) is 0.960. The summed E-state index contributed by atoms with van der Waals surface area (Å²) in [6.45, 7) is 6.97. The average Bonchev–Trinajstić information content (AvgIpc) is 3.51. The van der Waals surface area contributed by atoms with Crippen LogP contribution in [0.5, 0.6) is 0 Å². The molecule has 2 fully saturated rings. The molecule has 186 valence electrons. The van der Waals surface area contributed by atoms with Gasteiger partial charge in [0.05, 0.1) is 15.1 Å². The van der Waals surface area contributed by atoms with Crippen LogP contribution in [-0.2, 0) is 14.8 Å². The highest BCUT2D eigenvalue weighted by Crippen LogP contribution is 2.34. The Morgan fingerprint density at radius 2 is 1.77 bits per heavy atom. The molecule has 5 rings (SSSR count). The zero-order chi connectivity index (χ0) is 24.7. The molecule has 3 heterocycles. The van der Waals surface area contributed by atoms with Crippen LogP contribution in [0.3, 0.4) is 0 Å². The van der Waals surface area contributed by atoms with E-state index in [1.165, 1.54) is 22.0 Å². The number of thiazole rings is 1. The fraction of sp³-hybridized carbons (Fsp3) is 0.440. The molecule has 0 spiro atoms. The van der Waals surface area contributed by atoms with E-state index in [-0.39, 0.29) is 10.8 Å². The van der Waals surface area contributed by atoms with E-state index in [4.69, 9.17) is 4.98 Å². The molecule has 2 saturated heterocycles.